The first kappa shape index (κ1) is 20.2. The van der Waals surface area contributed by atoms with Gasteiger partial charge in [-0.15, -0.1) is 0 Å². The van der Waals surface area contributed by atoms with E-state index in [4.69, 9.17) is 0 Å². The van der Waals surface area contributed by atoms with Crippen molar-refractivity contribution in [3.63, 3.8) is 0 Å². The number of nitrogens with zero attached hydrogens (tertiary/aromatic N) is 5. The highest BCUT2D eigenvalue weighted by Gasteiger charge is 2.08. The van der Waals surface area contributed by atoms with E-state index in [1.54, 1.807) is 24.5 Å². The van der Waals surface area contributed by atoms with Gasteiger partial charge in [-0.05, 0) is 31.8 Å². The van der Waals surface area contributed by atoms with Gasteiger partial charge in [0.15, 0.2) is 0 Å². The normalized spacial score (nSPS) is 10.7. The Morgan fingerprint density at radius 3 is 2.41 bits per heavy atom. The molecule has 0 aliphatic heterocycles. The highest BCUT2D eigenvalue weighted by atomic mass is 16.6. The Balaban J connectivity index is 1.77. The van der Waals surface area contributed by atoms with Crippen LogP contribution in [0.5, 0.6) is 0 Å². The van der Waals surface area contributed by atoms with Gasteiger partial charge < -0.3 is 15.5 Å². The smallest absolute Gasteiger partial charge is 0.269 e. The van der Waals surface area contributed by atoms with Crippen LogP contribution in [-0.2, 0) is 6.54 Å². The highest BCUT2D eigenvalue weighted by Crippen LogP contribution is 2.21. The maximum atomic E-state index is 10.8. The molecular weight excluding hydrogens is 370 g/mol. The standard InChI is InChI=1S/C20H23N7O2/c1-26(2)12-11-22-20-24-18(16-7-9-21-10-8-16)13-19(25-20)23-14-15-3-5-17(6-4-15)27(28)29/h3-10,13H,11-12,14H2,1-2H3,(H2,22,23,24,25). The van der Waals surface area contributed by atoms with Gasteiger partial charge in [-0.3, -0.25) is 15.1 Å². The quantitative estimate of drug-likeness (QED) is 0.422. The lowest BCUT2D eigenvalue weighted by Gasteiger charge is -2.13. The highest BCUT2D eigenvalue weighted by molar-refractivity contribution is 5.64. The summed E-state index contributed by atoms with van der Waals surface area (Å²) < 4.78 is 0. The van der Waals surface area contributed by atoms with Crippen molar-refractivity contribution in [2.45, 2.75) is 6.54 Å². The summed E-state index contributed by atoms with van der Waals surface area (Å²) in [5.41, 5.74) is 2.71. The number of non-ortho nitro benzene ring substituents is 1. The Hall–Kier alpha value is -3.59. The molecule has 0 spiro atoms. The first-order valence-corrected chi connectivity index (χ1v) is 9.16. The third kappa shape index (κ3) is 5.94. The van der Waals surface area contributed by atoms with Crippen molar-refractivity contribution < 1.29 is 4.92 Å². The lowest BCUT2D eigenvalue weighted by Crippen LogP contribution is -2.21. The molecular formula is C20H23N7O2. The summed E-state index contributed by atoms with van der Waals surface area (Å²) in [5, 5.41) is 17.3. The first-order valence-electron chi connectivity index (χ1n) is 9.16. The van der Waals surface area contributed by atoms with Crippen molar-refractivity contribution in [2.24, 2.45) is 0 Å². The van der Waals surface area contributed by atoms with E-state index >= 15 is 0 Å². The van der Waals surface area contributed by atoms with Crippen LogP contribution in [0.25, 0.3) is 11.3 Å². The van der Waals surface area contributed by atoms with Crippen LogP contribution in [-0.4, -0.2) is 52.0 Å². The lowest BCUT2D eigenvalue weighted by atomic mass is 10.2. The van der Waals surface area contributed by atoms with Crippen molar-refractivity contribution in [1.82, 2.24) is 19.9 Å². The molecule has 0 saturated carbocycles. The molecule has 0 atom stereocenters. The van der Waals surface area contributed by atoms with Crippen LogP contribution < -0.4 is 10.6 Å². The van der Waals surface area contributed by atoms with E-state index in [1.165, 1.54) is 12.1 Å². The third-order valence-electron chi connectivity index (χ3n) is 4.17. The number of anilines is 2. The van der Waals surface area contributed by atoms with E-state index in [2.05, 4.69) is 30.5 Å². The van der Waals surface area contributed by atoms with Crippen LogP contribution in [0.15, 0.2) is 54.9 Å². The first-order chi connectivity index (χ1) is 14.0. The van der Waals surface area contributed by atoms with Crippen LogP contribution in [0.3, 0.4) is 0 Å². The summed E-state index contributed by atoms with van der Waals surface area (Å²) in [6, 6.07) is 12.1. The Bertz CT molecular complexity index is 947. The molecule has 9 nitrogen and oxygen atoms in total. The van der Waals surface area contributed by atoms with Crippen molar-refractivity contribution >= 4 is 17.5 Å². The SMILES string of the molecule is CN(C)CCNc1nc(NCc2ccc([N+](=O)[O-])cc2)cc(-c2ccncc2)n1. The van der Waals surface area contributed by atoms with Crippen molar-refractivity contribution in [3.05, 3.63) is 70.5 Å². The number of aromatic nitrogens is 3. The number of benzene rings is 1. The van der Waals surface area contributed by atoms with Crippen LogP contribution in [0.2, 0.25) is 0 Å². The third-order valence-corrected chi connectivity index (χ3v) is 4.17. The maximum Gasteiger partial charge on any atom is 0.269 e. The number of nitro benzene ring substituents is 1. The molecule has 0 aliphatic rings. The van der Waals surface area contributed by atoms with Gasteiger partial charge in [0.2, 0.25) is 5.95 Å². The molecule has 2 heterocycles. The summed E-state index contributed by atoms with van der Waals surface area (Å²) in [6.07, 6.45) is 3.45. The predicted molar refractivity (Wildman–Crippen MR) is 113 cm³/mol. The van der Waals surface area contributed by atoms with Gasteiger partial charge >= 0.3 is 0 Å². The van der Waals surface area contributed by atoms with E-state index in [1.807, 2.05) is 32.3 Å². The molecule has 0 unspecified atom stereocenters. The second-order valence-electron chi connectivity index (χ2n) is 6.71. The average Bonchev–Trinajstić information content (AvgIpc) is 2.73. The van der Waals surface area contributed by atoms with Gasteiger partial charge in [-0.25, -0.2) is 4.98 Å². The molecule has 29 heavy (non-hydrogen) atoms. The fraction of sp³-hybridized carbons (Fsp3) is 0.250. The molecule has 0 fully saturated rings. The second kappa shape index (κ2) is 9.56. The maximum absolute atomic E-state index is 10.8. The van der Waals surface area contributed by atoms with E-state index in [9.17, 15) is 10.1 Å². The van der Waals surface area contributed by atoms with Crippen molar-refractivity contribution in [1.29, 1.82) is 0 Å². The summed E-state index contributed by atoms with van der Waals surface area (Å²) in [6.45, 7) is 2.06. The predicted octanol–water partition coefficient (Wildman–Crippen LogP) is 3.03. The van der Waals surface area contributed by atoms with Gasteiger partial charge in [0.25, 0.3) is 5.69 Å². The van der Waals surface area contributed by atoms with Gasteiger partial charge in [-0.1, -0.05) is 12.1 Å². The zero-order chi connectivity index (χ0) is 20.6. The van der Waals surface area contributed by atoms with Crippen molar-refractivity contribution in [2.75, 3.05) is 37.8 Å². The van der Waals surface area contributed by atoms with Crippen molar-refractivity contribution in [3.8, 4) is 11.3 Å². The number of rotatable bonds is 9. The minimum atomic E-state index is -0.408. The molecule has 0 saturated heterocycles. The van der Waals surface area contributed by atoms with E-state index in [0.717, 1.165) is 23.4 Å². The molecule has 1 aromatic carbocycles. The second-order valence-corrected chi connectivity index (χ2v) is 6.71. The zero-order valence-electron chi connectivity index (χ0n) is 16.4. The molecule has 0 aliphatic carbocycles. The molecule has 0 amide bonds. The number of likely N-dealkylation sites (N-methyl/N-ethyl adjacent to an activating group) is 1. The fourth-order valence-electron chi connectivity index (χ4n) is 2.61. The molecule has 3 rings (SSSR count). The molecule has 3 aromatic rings. The number of hydrogen-bond acceptors (Lipinski definition) is 8. The Morgan fingerprint density at radius 1 is 1.03 bits per heavy atom. The Labute approximate surface area is 169 Å². The van der Waals surface area contributed by atoms with Gasteiger partial charge in [-0.2, -0.15) is 4.98 Å². The Morgan fingerprint density at radius 2 is 1.76 bits per heavy atom. The average molecular weight is 393 g/mol. The number of pyridine rings is 1. The van der Waals surface area contributed by atoms with E-state index in [-0.39, 0.29) is 5.69 Å². The number of nitro groups is 1. The van der Waals surface area contributed by atoms with Crippen LogP contribution >= 0.6 is 0 Å². The fourth-order valence-corrected chi connectivity index (χ4v) is 2.61. The minimum Gasteiger partial charge on any atom is -0.366 e. The van der Waals surface area contributed by atoms with E-state index in [0.29, 0.717) is 24.9 Å². The molecule has 0 radical (unpaired) electrons. The van der Waals surface area contributed by atoms with Crippen LogP contribution in [0.1, 0.15) is 5.56 Å². The van der Waals surface area contributed by atoms with Gasteiger partial charge in [0.05, 0.1) is 10.6 Å². The van der Waals surface area contributed by atoms with Gasteiger partial charge in [0.1, 0.15) is 5.82 Å². The summed E-state index contributed by atoms with van der Waals surface area (Å²) in [5.74, 6) is 1.20. The summed E-state index contributed by atoms with van der Waals surface area (Å²) in [4.78, 5) is 25.7. The van der Waals surface area contributed by atoms with Crippen LogP contribution in [0.4, 0.5) is 17.5 Å². The molecule has 9 heteroatoms. The number of hydrogen-bond donors (Lipinski definition) is 2. The largest absolute Gasteiger partial charge is 0.366 e. The zero-order valence-corrected chi connectivity index (χ0v) is 16.4. The topological polar surface area (TPSA) is 109 Å². The van der Waals surface area contributed by atoms with Gasteiger partial charge in [0, 0.05) is 55.8 Å². The molecule has 150 valence electrons. The van der Waals surface area contributed by atoms with E-state index < -0.39 is 4.92 Å². The molecule has 2 aromatic heterocycles. The minimum absolute atomic E-state index is 0.0723. The Kier molecular flexibility index (Phi) is 6.64. The summed E-state index contributed by atoms with van der Waals surface area (Å²) in [7, 11) is 4.01. The monoisotopic (exact) mass is 393 g/mol. The lowest BCUT2D eigenvalue weighted by molar-refractivity contribution is -0.384. The molecule has 0 bridgehead atoms. The summed E-state index contributed by atoms with van der Waals surface area (Å²) >= 11 is 0. The molecule has 2 N–H and O–H groups in total. The number of nitrogens with one attached hydrogen (secondary N) is 2. The van der Waals surface area contributed by atoms with Crippen LogP contribution in [0, 0.1) is 10.1 Å².